The first-order valence-electron chi connectivity index (χ1n) is 5.22. The normalized spacial score (nSPS) is 25.8. The van der Waals surface area contributed by atoms with Crippen molar-refractivity contribution in [3.63, 3.8) is 0 Å². The van der Waals surface area contributed by atoms with Gasteiger partial charge in [-0.1, -0.05) is 26.2 Å². The zero-order valence-electron chi connectivity index (χ0n) is 8.37. The largest absolute Gasteiger partial charge is 0.392 e. The molecule has 1 nitrogen and oxygen atoms in total. The van der Waals surface area contributed by atoms with Gasteiger partial charge in [0.05, 0.1) is 6.10 Å². The standard InChI is InChI=1S/C10H20OS2/c1-2-3-4-5-9(11)10-8-12-6-7-13-10/h9-11H,2-8H2,1H3. The molecule has 0 amide bonds. The van der Waals surface area contributed by atoms with Crippen molar-refractivity contribution in [2.45, 2.75) is 44.0 Å². The van der Waals surface area contributed by atoms with Crippen LogP contribution in [0.15, 0.2) is 0 Å². The van der Waals surface area contributed by atoms with Crippen molar-refractivity contribution in [3.8, 4) is 0 Å². The number of thioether (sulfide) groups is 2. The highest BCUT2D eigenvalue weighted by Gasteiger charge is 2.21. The van der Waals surface area contributed by atoms with E-state index in [1.54, 1.807) is 0 Å². The first kappa shape index (κ1) is 11.7. The van der Waals surface area contributed by atoms with Gasteiger partial charge in [0.2, 0.25) is 0 Å². The molecule has 0 aliphatic carbocycles. The van der Waals surface area contributed by atoms with Crippen LogP contribution in [0.1, 0.15) is 32.6 Å². The molecule has 1 aliphatic heterocycles. The molecule has 3 heteroatoms. The van der Waals surface area contributed by atoms with Gasteiger partial charge in [0.25, 0.3) is 0 Å². The lowest BCUT2D eigenvalue weighted by atomic mass is 10.1. The fourth-order valence-electron chi connectivity index (χ4n) is 1.52. The zero-order valence-corrected chi connectivity index (χ0v) is 10.0. The van der Waals surface area contributed by atoms with Crippen LogP contribution in [0.5, 0.6) is 0 Å². The van der Waals surface area contributed by atoms with Gasteiger partial charge in [-0.15, -0.1) is 0 Å². The van der Waals surface area contributed by atoms with E-state index in [0.717, 1.165) is 12.2 Å². The Labute approximate surface area is 90.1 Å². The molecule has 1 N–H and O–H groups in total. The highest BCUT2D eigenvalue weighted by Crippen LogP contribution is 2.28. The summed E-state index contributed by atoms with van der Waals surface area (Å²) in [5.74, 6) is 3.64. The summed E-state index contributed by atoms with van der Waals surface area (Å²) < 4.78 is 0. The van der Waals surface area contributed by atoms with Gasteiger partial charge in [-0.05, 0) is 6.42 Å². The Morgan fingerprint density at radius 2 is 2.23 bits per heavy atom. The Morgan fingerprint density at radius 3 is 2.85 bits per heavy atom. The molecule has 0 aromatic rings. The lowest BCUT2D eigenvalue weighted by Crippen LogP contribution is -2.28. The van der Waals surface area contributed by atoms with Gasteiger partial charge in [-0.25, -0.2) is 0 Å². The van der Waals surface area contributed by atoms with Crippen molar-refractivity contribution in [3.05, 3.63) is 0 Å². The zero-order chi connectivity index (χ0) is 9.52. The molecule has 1 heterocycles. The smallest absolute Gasteiger partial charge is 0.0666 e. The molecule has 0 saturated carbocycles. The number of rotatable bonds is 5. The van der Waals surface area contributed by atoms with Gasteiger partial charge < -0.3 is 5.11 Å². The summed E-state index contributed by atoms with van der Waals surface area (Å²) in [5.41, 5.74) is 0. The van der Waals surface area contributed by atoms with Gasteiger partial charge >= 0.3 is 0 Å². The molecule has 1 fully saturated rings. The summed E-state index contributed by atoms with van der Waals surface area (Å²) in [5, 5.41) is 10.4. The molecule has 0 aromatic heterocycles. The van der Waals surface area contributed by atoms with Crippen LogP contribution in [0.3, 0.4) is 0 Å². The van der Waals surface area contributed by atoms with Crippen LogP contribution in [0.2, 0.25) is 0 Å². The maximum Gasteiger partial charge on any atom is 0.0666 e. The van der Waals surface area contributed by atoms with E-state index in [0.29, 0.717) is 5.25 Å². The first-order chi connectivity index (χ1) is 6.34. The first-order valence-corrected chi connectivity index (χ1v) is 7.42. The topological polar surface area (TPSA) is 20.2 Å². The summed E-state index contributed by atoms with van der Waals surface area (Å²) in [6, 6.07) is 0. The fourth-order valence-corrected chi connectivity index (χ4v) is 4.33. The van der Waals surface area contributed by atoms with Crippen LogP contribution >= 0.6 is 23.5 Å². The van der Waals surface area contributed by atoms with Crippen molar-refractivity contribution in [2.75, 3.05) is 17.3 Å². The van der Waals surface area contributed by atoms with Crippen molar-refractivity contribution in [1.29, 1.82) is 0 Å². The van der Waals surface area contributed by atoms with Gasteiger partial charge in [0.1, 0.15) is 0 Å². The molecule has 2 unspecified atom stereocenters. The molecular formula is C10H20OS2. The van der Waals surface area contributed by atoms with Crippen LogP contribution in [0.4, 0.5) is 0 Å². The number of hydrogen-bond acceptors (Lipinski definition) is 3. The highest BCUT2D eigenvalue weighted by atomic mass is 32.2. The van der Waals surface area contributed by atoms with E-state index in [-0.39, 0.29) is 6.10 Å². The predicted octanol–water partition coefficient (Wildman–Crippen LogP) is 2.78. The number of aliphatic hydroxyl groups is 1. The third-order valence-corrected chi connectivity index (χ3v) is 5.28. The Balaban J connectivity index is 2.09. The minimum atomic E-state index is -0.0515. The monoisotopic (exact) mass is 220 g/mol. The molecule has 0 aromatic carbocycles. The molecule has 1 rings (SSSR count). The summed E-state index contributed by atoms with van der Waals surface area (Å²) in [7, 11) is 0. The summed E-state index contributed by atoms with van der Waals surface area (Å²) >= 11 is 3.95. The van der Waals surface area contributed by atoms with Crippen molar-refractivity contribution >= 4 is 23.5 Å². The van der Waals surface area contributed by atoms with Gasteiger partial charge in [-0.2, -0.15) is 23.5 Å². The van der Waals surface area contributed by atoms with Crippen LogP contribution in [-0.4, -0.2) is 33.7 Å². The lowest BCUT2D eigenvalue weighted by molar-refractivity contribution is 0.163. The Morgan fingerprint density at radius 1 is 1.38 bits per heavy atom. The van der Waals surface area contributed by atoms with E-state index in [1.165, 1.54) is 30.8 Å². The fraction of sp³-hybridized carbons (Fsp3) is 1.00. The van der Waals surface area contributed by atoms with E-state index in [2.05, 4.69) is 6.92 Å². The minimum absolute atomic E-state index is 0.0515. The summed E-state index contributed by atoms with van der Waals surface area (Å²) in [6.07, 6.45) is 4.66. The quantitative estimate of drug-likeness (QED) is 0.720. The van der Waals surface area contributed by atoms with Crippen LogP contribution < -0.4 is 0 Å². The minimum Gasteiger partial charge on any atom is -0.392 e. The third kappa shape index (κ3) is 4.61. The molecule has 2 atom stereocenters. The summed E-state index contributed by atoms with van der Waals surface area (Å²) in [6.45, 7) is 2.21. The van der Waals surface area contributed by atoms with E-state index in [4.69, 9.17) is 0 Å². The number of unbranched alkanes of at least 4 members (excludes halogenated alkanes) is 2. The molecule has 78 valence electrons. The Kier molecular flexibility index (Phi) is 6.33. The highest BCUT2D eigenvalue weighted by molar-refractivity contribution is 8.06. The molecular weight excluding hydrogens is 200 g/mol. The maximum absolute atomic E-state index is 9.87. The second kappa shape index (κ2) is 7.02. The van der Waals surface area contributed by atoms with Crippen molar-refractivity contribution in [1.82, 2.24) is 0 Å². The van der Waals surface area contributed by atoms with E-state index < -0.39 is 0 Å². The van der Waals surface area contributed by atoms with E-state index >= 15 is 0 Å². The average molecular weight is 220 g/mol. The molecule has 13 heavy (non-hydrogen) atoms. The van der Waals surface area contributed by atoms with E-state index in [9.17, 15) is 5.11 Å². The molecule has 0 radical (unpaired) electrons. The predicted molar refractivity (Wildman–Crippen MR) is 63.7 cm³/mol. The summed E-state index contributed by atoms with van der Waals surface area (Å²) in [4.78, 5) is 0. The second-order valence-electron chi connectivity index (χ2n) is 3.55. The number of hydrogen-bond donors (Lipinski definition) is 1. The lowest BCUT2D eigenvalue weighted by Gasteiger charge is -2.25. The van der Waals surface area contributed by atoms with Crippen molar-refractivity contribution < 1.29 is 5.11 Å². The van der Waals surface area contributed by atoms with Crippen LogP contribution in [0.25, 0.3) is 0 Å². The SMILES string of the molecule is CCCCCC(O)C1CSCCS1. The second-order valence-corrected chi connectivity index (χ2v) is 6.04. The van der Waals surface area contributed by atoms with Crippen LogP contribution in [-0.2, 0) is 0 Å². The van der Waals surface area contributed by atoms with Gasteiger partial charge in [-0.3, -0.25) is 0 Å². The Bertz CT molecular complexity index is 124. The van der Waals surface area contributed by atoms with Gasteiger partial charge in [0, 0.05) is 22.5 Å². The number of aliphatic hydroxyl groups excluding tert-OH is 1. The third-order valence-electron chi connectivity index (χ3n) is 2.37. The van der Waals surface area contributed by atoms with Crippen molar-refractivity contribution in [2.24, 2.45) is 0 Å². The maximum atomic E-state index is 9.87. The average Bonchev–Trinajstić information content (AvgIpc) is 2.19. The Hall–Kier alpha value is 0.660. The molecule has 0 bridgehead atoms. The van der Waals surface area contributed by atoms with E-state index in [1.807, 2.05) is 23.5 Å². The molecule has 0 spiro atoms. The molecule has 1 saturated heterocycles. The van der Waals surface area contributed by atoms with Crippen LogP contribution in [0, 0.1) is 0 Å². The molecule has 1 aliphatic rings. The van der Waals surface area contributed by atoms with Gasteiger partial charge in [0.15, 0.2) is 0 Å².